The molecule has 0 spiro atoms. The maximum atomic E-state index is 12.6. The van der Waals surface area contributed by atoms with Crippen molar-refractivity contribution in [3.8, 4) is 5.75 Å². The lowest BCUT2D eigenvalue weighted by molar-refractivity contribution is -0.384. The van der Waals surface area contributed by atoms with Gasteiger partial charge in [0, 0.05) is 24.2 Å². The first-order valence-corrected chi connectivity index (χ1v) is 9.69. The van der Waals surface area contributed by atoms with Gasteiger partial charge in [-0.25, -0.2) is 0 Å². The van der Waals surface area contributed by atoms with E-state index in [0.29, 0.717) is 29.4 Å². The summed E-state index contributed by atoms with van der Waals surface area (Å²) in [6.45, 7) is 4.31. The Balaban J connectivity index is 2.22. The van der Waals surface area contributed by atoms with Crippen LogP contribution in [0.4, 0.5) is 5.69 Å². The summed E-state index contributed by atoms with van der Waals surface area (Å²) in [4.78, 5) is 35.5. The predicted octanol–water partition coefficient (Wildman–Crippen LogP) is 2.51. The normalized spacial score (nSPS) is 11.2. The zero-order valence-corrected chi connectivity index (χ0v) is 17.3. The van der Waals surface area contributed by atoms with Crippen molar-refractivity contribution in [2.24, 2.45) is 5.92 Å². The minimum Gasteiger partial charge on any atom is -0.493 e. The van der Waals surface area contributed by atoms with Gasteiger partial charge in [0.15, 0.2) is 0 Å². The highest BCUT2D eigenvalue weighted by molar-refractivity contribution is 6.05. The molecule has 0 fully saturated rings. The fraction of sp³-hybridized carbons (Fsp3) is 0.273. The van der Waals surface area contributed by atoms with E-state index in [2.05, 4.69) is 10.6 Å². The highest BCUT2D eigenvalue weighted by Gasteiger charge is 2.15. The van der Waals surface area contributed by atoms with E-state index in [1.165, 1.54) is 24.3 Å². The molecule has 0 aliphatic rings. The standard InChI is InChI=1S/C22H25N3O6/c1-15(2)14-31-19-8-6-17(7-9-19)21(27)24-20(22(28)23-10-11-26)13-16-4-3-5-18(12-16)25(29)30/h3-9,12-13,15,26H,10-11,14H2,1-2H3,(H,23,28)(H,24,27)/b20-13+. The number of carbonyl (C=O) groups is 2. The van der Waals surface area contributed by atoms with Crippen molar-refractivity contribution in [2.45, 2.75) is 13.8 Å². The zero-order chi connectivity index (χ0) is 22.8. The quantitative estimate of drug-likeness (QED) is 0.303. The van der Waals surface area contributed by atoms with Gasteiger partial charge in [-0.3, -0.25) is 19.7 Å². The summed E-state index contributed by atoms with van der Waals surface area (Å²) < 4.78 is 5.59. The van der Waals surface area contributed by atoms with Gasteiger partial charge in [0.05, 0.1) is 18.1 Å². The van der Waals surface area contributed by atoms with Gasteiger partial charge in [0.2, 0.25) is 0 Å². The number of nitro benzene ring substituents is 1. The maximum absolute atomic E-state index is 12.6. The first-order chi connectivity index (χ1) is 14.8. The number of ether oxygens (including phenoxy) is 1. The lowest BCUT2D eigenvalue weighted by Crippen LogP contribution is -2.36. The molecule has 0 aliphatic heterocycles. The number of benzene rings is 2. The molecule has 0 radical (unpaired) electrons. The van der Waals surface area contributed by atoms with E-state index in [0.717, 1.165) is 0 Å². The van der Waals surface area contributed by atoms with Crippen molar-refractivity contribution in [3.05, 3.63) is 75.5 Å². The van der Waals surface area contributed by atoms with Crippen molar-refractivity contribution in [2.75, 3.05) is 19.8 Å². The lowest BCUT2D eigenvalue weighted by Gasteiger charge is -2.12. The number of rotatable bonds is 10. The molecule has 0 heterocycles. The van der Waals surface area contributed by atoms with E-state index in [1.807, 2.05) is 13.8 Å². The van der Waals surface area contributed by atoms with Gasteiger partial charge in [0.1, 0.15) is 11.4 Å². The van der Waals surface area contributed by atoms with Crippen molar-refractivity contribution in [1.29, 1.82) is 0 Å². The van der Waals surface area contributed by atoms with E-state index >= 15 is 0 Å². The number of carbonyl (C=O) groups excluding carboxylic acids is 2. The van der Waals surface area contributed by atoms with Gasteiger partial charge in [-0.05, 0) is 41.8 Å². The molecule has 2 aromatic carbocycles. The first kappa shape index (κ1) is 23.6. The van der Waals surface area contributed by atoms with Crippen LogP contribution in [0, 0.1) is 16.0 Å². The fourth-order valence-electron chi connectivity index (χ4n) is 2.48. The van der Waals surface area contributed by atoms with E-state index in [1.54, 1.807) is 30.3 Å². The van der Waals surface area contributed by atoms with Crippen LogP contribution in [0.2, 0.25) is 0 Å². The Morgan fingerprint density at radius 2 is 1.90 bits per heavy atom. The Morgan fingerprint density at radius 1 is 1.19 bits per heavy atom. The van der Waals surface area contributed by atoms with E-state index < -0.39 is 16.7 Å². The molecule has 0 aromatic heterocycles. The van der Waals surface area contributed by atoms with Crippen LogP contribution in [0.25, 0.3) is 6.08 Å². The smallest absolute Gasteiger partial charge is 0.270 e. The number of nitrogens with one attached hydrogen (secondary N) is 2. The van der Waals surface area contributed by atoms with Crippen molar-refractivity contribution in [3.63, 3.8) is 0 Å². The molecular formula is C22H25N3O6. The van der Waals surface area contributed by atoms with Crippen LogP contribution in [-0.4, -0.2) is 41.6 Å². The maximum Gasteiger partial charge on any atom is 0.270 e. The van der Waals surface area contributed by atoms with Crippen molar-refractivity contribution in [1.82, 2.24) is 10.6 Å². The highest BCUT2D eigenvalue weighted by Crippen LogP contribution is 2.16. The zero-order valence-electron chi connectivity index (χ0n) is 17.3. The van der Waals surface area contributed by atoms with Crippen LogP contribution >= 0.6 is 0 Å². The lowest BCUT2D eigenvalue weighted by atomic mass is 10.1. The summed E-state index contributed by atoms with van der Waals surface area (Å²) in [5, 5.41) is 24.9. The Hall–Kier alpha value is -3.72. The van der Waals surface area contributed by atoms with Crippen LogP contribution in [0.1, 0.15) is 29.8 Å². The summed E-state index contributed by atoms with van der Waals surface area (Å²) in [5.41, 5.74) is 0.407. The third-order valence-corrected chi connectivity index (χ3v) is 3.98. The summed E-state index contributed by atoms with van der Waals surface area (Å²) >= 11 is 0. The minimum absolute atomic E-state index is 0.0110. The van der Waals surface area contributed by atoms with Crippen LogP contribution in [-0.2, 0) is 4.79 Å². The number of amides is 2. The molecule has 0 bridgehead atoms. The Bertz CT molecular complexity index is 954. The summed E-state index contributed by atoms with van der Waals surface area (Å²) in [7, 11) is 0. The van der Waals surface area contributed by atoms with Gasteiger partial charge >= 0.3 is 0 Å². The van der Waals surface area contributed by atoms with E-state index in [9.17, 15) is 19.7 Å². The second kappa shape index (κ2) is 11.5. The molecule has 3 N–H and O–H groups in total. The second-order valence-corrected chi connectivity index (χ2v) is 7.07. The molecule has 0 atom stereocenters. The van der Waals surface area contributed by atoms with Gasteiger partial charge in [-0.15, -0.1) is 0 Å². The third-order valence-electron chi connectivity index (χ3n) is 3.98. The molecule has 2 aromatic rings. The second-order valence-electron chi connectivity index (χ2n) is 7.07. The van der Waals surface area contributed by atoms with Gasteiger partial charge < -0.3 is 20.5 Å². The number of hydrogen-bond donors (Lipinski definition) is 3. The summed E-state index contributed by atoms with van der Waals surface area (Å²) in [6.07, 6.45) is 1.33. The fourth-order valence-corrected chi connectivity index (χ4v) is 2.48. The monoisotopic (exact) mass is 427 g/mol. The Labute approximate surface area is 179 Å². The van der Waals surface area contributed by atoms with Crippen LogP contribution in [0.3, 0.4) is 0 Å². The van der Waals surface area contributed by atoms with E-state index in [4.69, 9.17) is 9.84 Å². The number of non-ortho nitro benzene ring substituents is 1. The molecule has 164 valence electrons. The molecule has 0 unspecified atom stereocenters. The molecule has 31 heavy (non-hydrogen) atoms. The Kier molecular flexibility index (Phi) is 8.71. The Morgan fingerprint density at radius 3 is 2.52 bits per heavy atom. The molecule has 0 saturated carbocycles. The average molecular weight is 427 g/mol. The number of nitro groups is 1. The molecule has 2 amide bonds. The molecule has 0 saturated heterocycles. The van der Waals surface area contributed by atoms with Crippen LogP contribution < -0.4 is 15.4 Å². The predicted molar refractivity (Wildman–Crippen MR) is 115 cm³/mol. The van der Waals surface area contributed by atoms with Gasteiger partial charge in [-0.1, -0.05) is 26.0 Å². The first-order valence-electron chi connectivity index (χ1n) is 9.69. The summed E-state index contributed by atoms with van der Waals surface area (Å²) in [5.74, 6) is -0.183. The van der Waals surface area contributed by atoms with Crippen molar-refractivity contribution >= 4 is 23.6 Å². The molecular weight excluding hydrogens is 402 g/mol. The largest absolute Gasteiger partial charge is 0.493 e. The topological polar surface area (TPSA) is 131 Å². The molecule has 9 nitrogen and oxygen atoms in total. The van der Waals surface area contributed by atoms with Gasteiger partial charge in [-0.2, -0.15) is 0 Å². The molecule has 2 rings (SSSR count). The molecule has 9 heteroatoms. The highest BCUT2D eigenvalue weighted by atomic mass is 16.6. The number of nitrogens with zero attached hydrogens (tertiary/aromatic N) is 1. The van der Waals surface area contributed by atoms with Crippen LogP contribution in [0.15, 0.2) is 54.2 Å². The number of aliphatic hydroxyl groups is 1. The third kappa shape index (κ3) is 7.56. The molecule has 0 aliphatic carbocycles. The SMILES string of the molecule is CC(C)COc1ccc(C(=O)N/C(=C/c2cccc([N+](=O)[O-])c2)C(=O)NCCO)cc1. The average Bonchev–Trinajstić information content (AvgIpc) is 2.76. The number of hydrogen-bond acceptors (Lipinski definition) is 6. The van der Waals surface area contributed by atoms with Crippen LogP contribution in [0.5, 0.6) is 5.75 Å². The minimum atomic E-state index is -0.634. The van der Waals surface area contributed by atoms with E-state index in [-0.39, 0.29) is 24.5 Å². The summed E-state index contributed by atoms with van der Waals surface area (Å²) in [6, 6.07) is 12.1. The number of aliphatic hydroxyl groups excluding tert-OH is 1. The van der Waals surface area contributed by atoms with Crippen molar-refractivity contribution < 1.29 is 24.4 Å². The van der Waals surface area contributed by atoms with Gasteiger partial charge in [0.25, 0.3) is 17.5 Å².